The number of hydrogen-bond acceptors (Lipinski definition) is 0. The monoisotopic (exact) mass is 578 g/mol. The standard InChI is InChI=1S/C31H42N2.2CH3.Pd/c1-4-6-8-10-11-13-17-28(23-24-33-32)31(30-18-14-15-26(3)25-30)29-21-19-27(20-22-29)16-12-9-7-5-2;;;/h14-15,18-23,25H,4-13,16-17H2,1-3H3;2*1H3;/q;2*-1;+2. The molecule has 0 saturated heterocycles. The summed E-state index contributed by atoms with van der Waals surface area (Å²) >= 11 is 0. The molecule has 0 bridgehead atoms. The molecular weight excluding hydrogens is 531 g/mol. The Morgan fingerprint density at radius 1 is 0.806 bits per heavy atom. The third kappa shape index (κ3) is 13.3. The fourth-order valence-electron chi connectivity index (χ4n) is 4.40. The molecule has 2 rings (SSSR count). The first kappa shape index (κ1) is 36.2. The summed E-state index contributed by atoms with van der Waals surface area (Å²) in [6, 6.07) is 17.8. The van der Waals surface area contributed by atoms with Gasteiger partial charge in [-0.05, 0) is 60.4 Å². The molecule has 2 nitrogen and oxygen atoms in total. The minimum absolute atomic E-state index is 0. The van der Waals surface area contributed by atoms with E-state index in [0.29, 0.717) is 0 Å². The molecule has 0 aliphatic carbocycles. The van der Waals surface area contributed by atoms with Crippen LogP contribution in [-0.2, 0) is 26.8 Å². The van der Waals surface area contributed by atoms with Crippen LogP contribution in [0.25, 0.3) is 11.1 Å². The zero-order chi connectivity index (χ0) is 23.7. The Balaban J connectivity index is 0. The smallest absolute Gasteiger partial charge is 0.358 e. The number of hydrogen-bond donors (Lipinski definition) is 0. The Hall–Kier alpha value is -2.00. The van der Waals surface area contributed by atoms with Crippen molar-refractivity contribution in [2.75, 3.05) is 0 Å². The van der Waals surface area contributed by atoms with E-state index >= 15 is 0 Å². The predicted octanol–water partition coefficient (Wildman–Crippen LogP) is 10.0. The number of aryl methyl sites for hydroxylation is 2. The summed E-state index contributed by atoms with van der Waals surface area (Å²) in [5, 5.41) is 0. The second kappa shape index (κ2) is 22.2. The molecule has 3 heteroatoms. The first-order chi connectivity index (χ1) is 16.2. The molecule has 0 saturated carbocycles. The van der Waals surface area contributed by atoms with E-state index in [-0.39, 0.29) is 35.3 Å². The maximum Gasteiger partial charge on any atom is 2.00 e. The second-order valence-electron chi connectivity index (χ2n) is 9.17. The van der Waals surface area contributed by atoms with E-state index in [9.17, 15) is 0 Å². The molecule has 0 heterocycles. The van der Waals surface area contributed by atoms with Gasteiger partial charge in [-0.25, -0.2) is 0 Å². The summed E-state index contributed by atoms with van der Waals surface area (Å²) in [5.41, 5.74) is 16.6. The summed E-state index contributed by atoms with van der Waals surface area (Å²) in [7, 11) is 0. The molecule has 0 aliphatic rings. The molecule has 0 aliphatic heterocycles. The zero-order valence-corrected chi connectivity index (χ0v) is 24.9. The van der Waals surface area contributed by atoms with Crippen molar-refractivity contribution < 1.29 is 25.2 Å². The van der Waals surface area contributed by atoms with Crippen molar-refractivity contribution in [1.82, 2.24) is 0 Å². The van der Waals surface area contributed by atoms with E-state index in [1.807, 2.05) is 6.08 Å². The summed E-state index contributed by atoms with van der Waals surface area (Å²) < 4.78 is 0. The fourth-order valence-corrected chi connectivity index (χ4v) is 4.40. The van der Waals surface area contributed by atoms with Gasteiger partial charge in [0.25, 0.3) is 5.87 Å². The molecule has 0 radical (unpaired) electrons. The molecule has 0 atom stereocenters. The van der Waals surface area contributed by atoms with E-state index in [0.717, 1.165) is 19.3 Å². The van der Waals surface area contributed by atoms with Crippen molar-refractivity contribution in [2.24, 2.45) is 0 Å². The van der Waals surface area contributed by atoms with E-state index in [2.05, 4.69) is 80.0 Å². The molecular formula is C33H48N2Pd. The molecule has 0 unspecified atom stereocenters. The molecule has 200 valence electrons. The van der Waals surface area contributed by atoms with Crippen LogP contribution >= 0.6 is 0 Å². The van der Waals surface area contributed by atoms with E-state index in [4.69, 9.17) is 5.53 Å². The van der Waals surface area contributed by atoms with Gasteiger partial charge in [0.15, 0.2) is 0 Å². The molecule has 0 aromatic heterocycles. The minimum Gasteiger partial charge on any atom is -0.358 e. The topological polar surface area (TPSA) is 36.4 Å². The van der Waals surface area contributed by atoms with Crippen LogP contribution in [0.4, 0.5) is 0 Å². The van der Waals surface area contributed by atoms with Gasteiger partial charge in [0.1, 0.15) is 0 Å². The van der Waals surface area contributed by atoms with E-state index in [1.165, 1.54) is 91.2 Å². The van der Waals surface area contributed by atoms with Gasteiger partial charge >= 0.3 is 20.4 Å². The van der Waals surface area contributed by atoms with Crippen LogP contribution in [0, 0.1) is 21.8 Å². The maximum absolute atomic E-state index is 9.07. The van der Waals surface area contributed by atoms with Gasteiger partial charge in [-0.3, -0.25) is 0 Å². The SMILES string of the molecule is CCCCCCCCC(C=C=[N+]=[N-])=C(c1ccc(CCCCCC)cc1)c1cccc(C)c1.[CH3-].[CH3-].[Pd+2]. The molecule has 0 N–H and O–H groups in total. The summed E-state index contributed by atoms with van der Waals surface area (Å²) in [6.07, 6.45) is 16.7. The normalized spacial score (nSPS) is 10.5. The van der Waals surface area contributed by atoms with Gasteiger partial charge < -0.3 is 20.4 Å². The Bertz CT molecular complexity index is 946. The van der Waals surface area contributed by atoms with Gasteiger partial charge in [0.2, 0.25) is 0 Å². The maximum atomic E-state index is 9.07. The van der Waals surface area contributed by atoms with Crippen molar-refractivity contribution >= 4 is 11.4 Å². The van der Waals surface area contributed by atoms with Crippen LogP contribution in [0.2, 0.25) is 0 Å². The van der Waals surface area contributed by atoms with Crippen LogP contribution in [0.1, 0.15) is 107 Å². The minimum atomic E-state index is 0. The number of allylic oxidation sites excluding steroid dienone is 2. The first-order valence-electron chi connectivity index (χ1n) is 13.0. The van der Waals surface area contributed by atoms with Gasteiger partial charge in [-0.15, -0.1) is 4.79 Å². The molecule has 2 aromatic rings. The van der Waals surface area contributed by atoms with Crippen LogP contribution < -0.4 is 0 Å². The summed E-state index contributed by atoms with van der Waals surface area (Å²) in [5.74, 6) is 2.69. The summed E-state index contributed by atoms with van der Waals surface area (Å²) in [6.45, 7) is 6.65. The van der Waals surface area contributed by atoms with E-state index in [1.54, 1.807) is 0 Å². The van der Waals surface area contributed by atoms with Crippen LogP contribution in [0.3, 0.4) is 0 Å². The fraction of sp³-hybridized carbons (Fsp3) is 0.455. The van der Waals surface area contributed by atoms with Crippen molar-refractivity contribution in [1.29, 1.82) is 0 Å². The Morgan fingerprint density at radius 3 is 2.03 bits per heavy atom. The van der Waals surface area contributed by atoms with Gasteiger partial charge in [-0.2, -0.15) is 0 Å². The van der Waals surface area contributed by atoms with Crippen LogP contribution in [0.5, 0.6) is 0 Å². The molecule has 36 heavy (non-hydrogen) atoms. The molecule has 0 spiro atoms. The largest absolute Gasteiger partial charge is 2.00 e. The van der Waals surface area contributed by atoms with Crippen LogP contribution in [0.15, 0.2) is 60.2 Å². The van der Waals surface area contributed by atoms with Gasteiger partial charge in [-0.1, -0.05) is 119 Å². The third-order valence-corrected chi connectivity index (χ3v) is 6.29. The van der Waals surface area contributed by atoms with Crippen LogP contribution in [-0.4, -0.2) is 10.7 Å². The van der Waals surface area contributed by atoms with Gasteiger partial charge in [0, 0.05) is 0 Å². The van der Waals surface area contributed by atoms with Crippen molar-refractivity contribution in [3.05, 3.63) is 103 Å². The molecule has 0 fully saturated rings. The molecule has 2 aromatic carbocycles. The van der Waals surface area contributed by atoms with Crippen molar-refractivity contribution in [3.63, 3.8) is 0 Å². The molecule has 0 amide bonds. The predicted molar refractivity (Wildman–Crippen MR) is 156 cm³/mol. The van der Waals surface area contributed by atoms with Crippen molar-refractivity contribution in [2.45, 2.75) is 97.8 Å². The number of unbranched alkanes of at least 4 members (excludes halogenated alkanes) is 8. The Labute approximate surface area is 236 Å². The van der Waals surface area contributed by atoms with Gasteiger partial charge in [0.05, 0.1) is 6.08 Å². The Kier molecular flexibility index (Phi) is 22.3. The second-order valence-corrected chi connectivity index (χ2v) is 9.17. The number of rotatable bonds is 15. The average Bonchev–Trinajstić information content (AvgIpc) is 2.83. The average molecular weight is 579 g/mol. The number of benzene rings is 2. The number of nitrogens with zero attached hydrogens (tertiary/aromatic N) is 2. The quantitative estimate of drug-likeness (QED) is 0.0383. The first-order valence-corrected chi connectivity index (χ1v) is 13.0. The zero-order valence-electron chi connectivity index (χ0n) is 23.4. The van der Waals surface area contributed by atoms with Crippen molar-refractivity contribution in [3.8, 4) is 0 Å². The third-order valence-electron chi connectivity index (χ3n) is 6.29. The summed E-state index contributed by atoms with van der Waals surface area (Å²) in [4.78, 5) is 3.15. The van der Waals surface area contributed by atoms with E-state index < -0.39 is 0 Å². The Morgan fingerprint density at radius 2 is 1.42 bits per heavy atom.